The van der Waals surface area contributed by atoms with Gasteiger partial charge in [0, 0.05) is 12.8 Å². The fourth-order valence-electron chi connectivity index (χ4n) is 3.24. The average Bonchev–Trinajstić information content (AvgIpc) is 2.81. The lowest BCUT2D eigenvalue weighted by Gasteiger charge is -2.40. The number of aliphatic hydroxyl groups excluding tert-OH is 1. The predicted molar refractivity (Wildman–Crippen MR) is 80.6 cm³/mol. The Bertz CT molecular complexity index is 447. The van der Waals surface area contributed by atoms with E-state index in [2.05, 4.69) is 44.7 Å². The molecular weight excluding hydrogens is 250 g/mol. The first-order chi connectivity index (χ1) is 9.36. The minimum atomic E-state index is -0.287. The summed E-state index contributed by atoms with van der Waals surface area (Å²) in [7, 11) is 0. The topological polar surface area (TPSA) is 50.9 Å². The summed E-state index contributed by atoms with van der Waals surface area (Å²) in [5, 5.41) is 15.1. The van der Waals surface area contributed by atoms with Gasteiger partial charge < -0.3 is 5.11 Å². The molecule has 1 aromatic rings. The second kappa shape index (κ2) is 5.84. The molecule has 0 radical (unpaired) electrons. The van der Waals surface area contributed by atoms with Crippen LogP contribution in [0.1, 0.15) is 71.6 Å². The molecule has 2 rings (SSSR count). The lowest BCUT2D eigenvalue weighted by atomic mass is 9.70. The van der Waals surface area contributed by atoms with Crippen molar-refractivity contribution in [1.29, 1.82) is 0 Å². The molecule has 1 saturated carbocycles. The van der Waals surface area contributed by atoms with Crippen molar-refractivity contribution in [3.8, 4) is 0 Å². The number of hydrogen-bond acceptors (Lipinski definition) is 3. The van der Waals surface area contributed by atoms with Gasteiger partial charge in [0.05, 0.1) is 12.1 Å². The summed E-state index contributed by atoms with van der Waals surface area (Å²) in [6.45, 7) is 11.1. The third-order valence-electron chi connectivity index (χ3n) is 4.70. The van der Waals surface area contributed by atoms with Crippen LogP contribution in [0.5, 0.6) is 0 Å². The Kier molecular flexibility index (Phi) is 4.52. The van der Waals surface area contributed by atoms with Crippen LogP contribution < -0.4 is 0 Å². The molecule has 4 nitrogen and oxygen atoms in total. The largest absolute Gasteiger partial charge is 0.391 e. The monoisotopic (exact) mass is 279 g/mol. The lowest BCUT2D eigenvalue weighted by molar-refractivity contribution is 0.0191. The zero-order chi connectivity index (χ0) is 14.9. The van der Waals surface area contributed by atoms with Crippen molar-refractivity contribution in [2.45, 2.75) is 78.9 Å². The van der Waals surface area contributed by atoms with E-state index in [1.165, 1.54) is 0 Å². The van der Waals surface area contributed by atoms with Crippen molar-refractivity contribution in [1.82, 2.24) is 14.8 Å². The molecule has 0 aliphatic heterocycles. The summed E-state index contributed by atoms with van der Waals surface area (Å²) in [4.78, 5) is 4.58. The number of rotatable bonds is 3. The minimum absolute atomic E-state index is 0.0933. The van der Waals surface area contributed by atoms with Crippen molar-refractivity contribution < 1.29 is 5.11 Å². The highest BCUT2D eigenvalue weighted by Gasteiger charge is 2.37. The van der Waals surface area contributed by atoms with Gasteiger partial charge >= 0.3 is 0 Å². The van der Waals surface area contributed by atoms with Gasteiger partial charge in [-0.05, 0) is 30.6 Å². The van der Waals surface area contributed by atoms with Gasteiger partial charge in [-0.2, -0.15) is 5.10 Å². The Hall–Kier alpha value is -0.900. The molecule has 1 aromatic heterocycles. The van der Waals surface area contributed by atoms with Crippen LogP contribution >= 0.6 is 0 Å². The van der Waals surface area contributed by atoms with E-state index in [1.54, 1.807) is 0 Å². The van der Waals surface area contributed by atoms with Crippen LogP contribution in [0, 0.1) is 11.3 Å². The van der Waals surface area contributed by atoms with E-state index in [1.807, 2.05) is 4.68 Å². The van der Waals surface area contributed by atoms with Crippen molar-refractivity contribution >= 4 is 0 Å². The highest BCUT2D eigenvalue weighted by molar-refractivity contribution is 4.98. The smallest absolute Gasteiger partial charge is 0.150 e. The maximum absolute atomic E-state index is 10.4. The normalized spacial score (nSPS) is 27.8. The van der Waals surface area contributed by atoms with Gasteiger partial charge in [-0.1, -0.05) is 34.6 Å². The number of hydrogen-bond donors (Lipinski definition) is 1. The molecule has 1 heterocycles. The lowest BCUT2D eigenvalue weighted by Crippen LogP contribution is -2.37. The minimum Gasteiger partial charge on any atom is -0.391 e. The first kappa shape index (κ1) is 15.5. The van der Waals surface area contributed by atoms with Crippen molar-refractivity contribution in [2.24, 2.45) is 11.3 Å². The second-order valence-corrected chi connectivity index (χ2v) is 7.11. The third kappa shape index (κ3) is 3.05. The third-order valence-corrected chi connectivity index (χ3v) is 4.70. The summed E-state index contributed by atoms with van der Waals surface area (Å²) in [5.74, 6) is 2.54. The molecule has 0 aromatic carbocycles. The fraction of sp³-hybridized carbons (Fsp3) is 0.875. The molecule has 3 unspecified atom stereocenters. The van der Waals surface area contributed by atoms with Crippen LogP contribution in [0.25, 0.3) is 0 Å². The maximum Gasteiger partial charge on any atom is 0.150 e. The summed E-state index contributed by atoms with van der Waals surface area (Å²) >= 11 is 0. The Morgan fingerprint density at radius 1 is 1.20 bits per heavy atom. The summed E-state index contributed by atoms with van der Waals surface area (Å²) < 4.78 is 2.02. The number of aromatic nitrogens is 3. The van der Waals surface area contributed by atoms with Gasteiger partial charge in [0.25, 0.3) is 0 Å². The SMILES string of the molecule is CCc1nc(CC)n(C2CC(C(C)(C)C)CCC2O)n1. The van der Waals surface area contributed by atoms with Crippen LogP contribution in [-0.2, 0) is 12.8 Å². The van der Waals surface area contributed by atoms with Gasteiger partial charge in [0.15, 0.2) is 5.82 Å². The van der Waals surface area contributed by atoms with Gasteiger partial charge in [0.1, 0.15) is 5.82 Å². The Morgan fingerprint density at radius 3 is 2.45 bits per heavy atom. The predicted octanol–water partition coefficient (Wildman–Crippen LogP) is 3.15. The van der Waals surface area contributed by atoms with Gasteiger partial charge in [-0.3, -0.25) is 0 Å². The Morgan fingerprint density at radius 2 is 1.90 bits per heavy atom. The number of aliphatic hydroxyl groups is 1. The average molecular weight is 279 g/mol. The highest BCUT2D eigenvalue weighted by atomic mass is 16.3. The summed E-state index contributed by atoms with van der Waals surface area (Å²) in [5.41, 5.74) is 0.291. The molecule has 114 valence electrons. The molecule has 1 aliphatic rings. The van der Waals surface area contributed by atoms with E-state index in [4.69, 9.17) is 0 Å². The van der Waals surface area contributed by atoms with Crippen LogP contribution in [0.2, 0.25) is 0 Å². The van der Waals surface area contributed by atoms with E-state index in [0.29, 0.717) is 11.3 Å². The summed E-state index contributed by atoms with van der Waals surface area (Å²) in [6.07, 6.45) is 4.42. The molecular formula is C16H29N3O. The second-order valence-electron chi connectivity index (χ2n) is 7.11. The molecule has 1 fully saturated rings. The van der Waals surface area contributed by atoms with Gasteiger partial charge in [-0.25, -0.2) is 9.67 Å². The zero-order valence-corrected chi connectivity index (χ0v) is 13.6. The van der Waals surface area contributed by atoms with Crippen molar-refractivity contribution in [2.75, 3.05) is 0 Å². The Labute approximate surface area is 122 Å². The molecule has 0 saturated heterocycles. The van der Waals surface area contributed by atoms with Crippen molar-refractivity contribution in [3.63, 3.8) is 0 Å². The first-order valence-electron chi connectivity index (χ1n) is 7.99. The van der Waals surface area contributed by atoms with Crippen molar-refractivity contribution in [3.05, 3.63) is 11.6 Å². The van der Waals surface area contributed by atoms with Crippen LogP contribution in [-0.4, -0.2) is 26.0 Å². The first-order valence-corrected chi connectivity index (χ1v) is 7.99. The van der Waals surface area contributed by atoms with Crippen LogP contribution in [0.4, 0.5) is 0 Å². The highest BCUT2D eigenvalue weighted by Crippen LogP contribution is 2.42. The fourth-order valence-corrected chi connectivity index (χ4v) is 3.24. The van der Waals surface area contributed by atoms with Crippen LogP contribution in [0.15, 0.2) is 0 Å². The van der Waals surface area contributed by atoms with Gasteiger partial charge in [0.2, 0.25) is 0 Å². The van der Waals surface area contributed by atoms with E-state index < -0.39 is 0 Å². The number of aryl methyl sites for hydroxylation is 2. The standard InChI is InChI=1S/C16H29N3O/c1-6-14-17-15(7-2)19(18-14)12-10-11(16(3,4)5)8-9-13(12)20/h11-13,20H,6-10H2,1-5H3. The van der Waals surface area contributed by atoms with Crippen LogP contribution in [0.3, 0.4) is 0 Å². The van der Waals surface area contributed by atoms with E-state index in [-0.39, 0.29) is 12.1 Å². The Balaban J connectivity index is 2.27. The maximum atomic E-state index is 10.4. The molecule has 0 bridgehead atoms. The van der Waals surface area contributed by atoms with E-state index >= 15 is 0 Å². The molecule has 4 heteroatoms. The number of nitrogens with zero attached hydrogens (tertiary/aromatic N) is 3. The quantitative estimate of drug-likeness (QED) is 0.924. The molecule has 3 atom stereocenters. The molecule has 0 spiro atoms. The van der Waals surface area contributed by atoms with Gasteiger partial charge in [-0.15, -0.1) is 0 Å². The summed E-state index contributed by atoms with van der Waals surface area (Å²) in [6, 6.07) is 0.0933. The molecule has 20 heavy (non-hydrogen) atoms. The molecule has 1 aliphatic carbocycles. The zero-order valence-electron chi connectivity index (χ0n) is 13.6. The van der Waals surface area contributed by atoms with E-state index in [0.717, 1.165) is 43.8 Å². The molecule has 1 N–H and O–H groups in total. The van der Waals surface area contributed by atoms with E-state index in [9.17, 15) is 5.11 Å². The molecule has 0 amide bonds.